The Morgan fingerprint density at radius 1 is 0.534 bits per heavy atom. The van der Waals surface area contributed by atoms with Gasteiger partial charge in [-0.25, -0.2) is 4.98 Å². The van der Waals surface area contributed by atoms with Gasteiger partial charge in [0.15, 0.2) is 5.96 Å². The van der Waals surface area contributed by atoms with Crippen LogP contribution in [0.3, 0.4) is 0 Å². The number of aliphatic carboxylic acids is 2. The molecule has 494 valence electrons. The van der Waals surface area contributed by atoms with Crippen molar-refractivity contribution >= 4 is 101 Å². The number of carbonyl (C=O) groups excluding carboxylic acids is 12. The Bertz CT molecular complexity index is 2570. The molecule has 12 amide bonds. The van der Waals surface area contributed by atoms with E-state index < -0.39 is 200 Å². The number of nitrogens with two attached hydrogens (primary N) is 5. The van der Waals surface area contributed by atoms with Gasteiger partial charge in [-0.15, -0.1) is 0 Å². The van der Waals surface area contributed by atoms with E-state index in [1.54, 1.807) is 6.26 Å². The Balaban J connectivity index is 3.50. The maximum absolute atomic E-state index is 14.2. The number of primary amides is 2. The van der Waals surface area contributed by atoms with E-state index in [2.05, 4.69) is 68.1 Å². The highest BCUT2D eigenvalue weighted by molar-refractivity contribution is 7.98. The van der Waals surface area contributed by atoms with Crippen LogP contribution in [0, 0.1) is 0 Å². The number of hydrogen-bond donors (Lipinski definition) is 20. The first kappa shape index (κ1) is 77.3. The van der Waals surface area contributed by atoms with Crippen molar-refractivity contribution in [3.8, 4) is 0 Å². The first-order valence-corrected chi connectivity index (χ1v) is 29.3. The van der Waals surface area contributed by atoms with E-state index in [1.807, 2.05) is 0 Å². The van der Waals surface area contributed by atoms with Crippen LogP contribution in [0.1, 0.15) is 110 Å². The number of carboxylic acids is 2. The molecule has 1 aromatic rings. The average Bonchev–Trinajstić information content (AvgIpc) is 3.99. The maximum Gasteiger partial charge on any atom is 0.303 e. The minimum absolute atomic E-state index is 0.0236. The molecule has 1 aromatic heterocycles. The molecule has 0 unspecified atom stereocenters. The van der Waals surface area contributed by atoms with Crippen molar-refractivity contribution in [3.63, 3.8) is 0 Å². The van der Waals surface area contributed by atoms with E-state index in [9.17, 15) is 87.5 Å². The number of aliphatic hydroxyl groups is 2. The lowest BCUT2D eigenvalue weighted by atomic mass is 10.0. The van der Waals surface area contributed by atoms with E-state index in [0.717, 1.165) is 27.7 Å². The second-order valence-electron chi connectivity index (χ2n) is 20.4. The van der Waals surface area contributed by atoms with Gasteiger partial charge in [0, 0.05) is 51.0 Å². The molecule has 0 aliphatic rings. The van der Waals surface area contributed by atoms with E-state index in [1.165, 1.54) is 24.3 Å². The number of unbranched alkanes of at least 4 members (excludes halogenated alkanes) is 1. The second-order valence-corrected chi connectivity index (χ2v) is 21.4. The highest BCUT2D eigenvalue weighted by atomic mass is 32.2. The summed E-state index contributed by atoms with van der Waals surface area (Å²) in [5.74, 6) is -15.1. The lowest BCUT2D eigenvalue weighted by molar-refractivity contribution is -0.139. The molecule has 25 N–H and O–H groups in total. The highest BCUT2D eigenvalue weighted by Crippen LogP contribution is 2.11. The average molecular weight is 1270 g/mol. The molecular formula is C51H86N18O18S. The van der Waals surface area contributed by atoms with Gasteiger partial charge >= 0.3 is 11.9 Å². The fourth-order valence-electron chi connectivity index (χ4n) is 8.09. The summed E-state index contributed by atoms with van der Waals surface area (Å²) in [7, 11) is 0. The van der Waals surface area contributed by atoms with E-state index in [-0.39, 0.29) is 43.9 Å². The predicted molar refractivity (Wildman–Crippen MR) is 313 cm³/mol. The highest BCUT2D eigenvalue weighted by Gasteiger charge is 2.37. The minimum atomic E-state index is -1.93. The van der Waals surface area contributed by atoms with Crippen LogP contribution < -0.4 is 81.8 Å². The summed E-state index contributed by atoms with van der Waals surface area (Å²) < 4.78 is 0. The van der Waals surface area contributed by atoms with Crippen LogP contribution in [-0.2, 0) is 73.5 Å². The van der Waals surface area contributed by atoms with Crippen LogP contribution in [0.5, 0.6) is 0 Å². The summed E-state index contributed by atoms with van der Waals surface area (Å²) in [6.45, 7) is 4.80. The summed E-state index contributed by atoms with van der Waals surface area (Å²) in [4.78, 5) is 194. The molecule has 0 spiro atoms. The number of carbonyl (C=O) groups is 14. The first-order valence-electron chi connectivity index (χ1n) is 27.9. The van der Waals surface area contributed by atoms with Gasteiger partial charge in [0.25, 0.3) is 0 Å². The third-order valence-corrected chi connectivity index (χ3v) is 13.5. The largest absolute Gasteiger partial charge is 0.481 e. The zero-order valence-corrected chi connectivity index (χ0v) is 50.4. The Labute approximate surface area is 510 Å². The number of imidazole rings is 1. The molecular weight excluding hydrogens is 1180 g/mol. The normalized spacial score (nSPS) is 15.0. The molecule has 0 saturated heterocycles. The lowest BCUT2D eigenvalue weighted by Gasteiger charge is -2.28. The number of guanidine groups is 1. The van der Waals surface area contributed by atoms with Gasteiger partial charge in [-0.1, -0.05) is 0 Å². The third kappa shape index (κ3) is 30.6. The fraction of sp³-hybridized carbons (Fsp3) is 0.647. The number of amides is 12. The topological polar surface area (TPSA) is 611 Å². The Hall–Kier alpha value is -8.71. The zero-order chi connectivity index (χ0) is 66.8. The lowest BCUT2D eigenvalue weighted by Crippen LogP contribution is -2.62. The maximum atomic E-state index is 14.2. The van der Waals surface area contributed by atoms with E-state index in [0.29, 0.717) is 25.1 Å². The Morgan fingerprint density at radius 2 is 0.955 bits per heavy atom. The van der Waals surface area contributed by atoms with Gasteiger partial charge in [-0.2, -0.15) is 11.8 Å². The predicted octanol–water partition coefficient (Wildman–Crippen LogP) is -7.98. The van der Waals surface area contributed by atoms with Gasteiger partial charge in [0.1, 0.15) is 60.4 Å². The SMILES string of the molecule is CSCC[C@H](NC(=O)[C@H](CCC(=O)O)NC(=O)[C@H](C)NC(=O)[C@@H](NC(=O)[C@H](Cc1cnc[nH]1)NC(=O)[C@H](CCC(=O)O)NC(=O)[C@H](CCC(N)=O)NC(=O)[C@@H](NC(=O)[C@H](CCCN=C(N)N)NC(C)=O)[C@@H](C)O)[C@@H](C)O)C(=O)N[C@@H](CCCCN)C(N)=O. The number of aromatic amines is 1. The van der Waals surface area contributed by atoms with Crippen LogP contribution in [-0.4, -0.2) is 217 Å². The van der Waals surface area contributed by atoms with Gasteiger partial charge in [-0.3, -0.25) is 72.1 Å². The van der Waals surface area contributed by atoms with Crippen LogP contribution in [0.2, 0.25) is 0 Å². The van der Waals surface area contributed by atoms with Crippen molar-refractivity contribution in [1.82, 2.24) is 63.1 Å². The van der Waals surface area contributed by atoms with Gasteiger partial charge in [0.05, 0.1) is 18.5 Å². The van der Waals surface area contributed by atoms with Crippen LogP contribution in [0.25, 0.3) is 0 Å². The molecule has 88 heavy (non-hydrogen) atoms. The van der Waals surface area contributed by atoms with E-state index in [4.69, 9.17) is 28.7 Å². The Morgan fingerprint density at radius 3 is 1.39 bits per heavy atom. The van der Waals surface area contributed by atoms with Crippen molar-refractivity contribution in [3.05, 3.63) is 18.2 Å². The molecule has 0 fully saturated rings. The summed E-state index contributed by atoms with van der Waals surface area (Å²) in [5, 5.41) is 64.0. The third-order valence-electron chi connectivity index (χ3n) is 12.9. The van der Waals surface area contributed by atoms with Crippen molar-refractivity contribution in [1.29, 1.82) is 0 Å². The number of thioether (sulfide) groups is 1. The molecule has 0 radical (unpaired) electrons. The van der Waals surface area contributed by atoms with Gasteiger partial charge in [0.2, 0.25) is 70.9 Å². The monoisotopic (exact) mass is 1270 g/mol. The van der Waals surface area contributed by atoms with Crippen LogP contribution in [0.15, 0.2) is 17.5 Å². The summed E-state index contributed by atoms with van der Waals surface area (Å²) >= 11 is 1.32. The van der Waals surface area contributed by atoms with Crippen LogP contribution in [0.4, 0.5) is 0 Å². The molecule has 1 heterocycles. The van der Waals surface area contributed by atoms with Gasteiger partial charge < -0.3 is 107 Å². The van der Waals surface area contributed by atoms with Gasteiger partial charge in [-0.05, 0) is 97.1 Å². The number of aliphatic hydroxyl groups excluding tert-OH is 2. The molecule has 1 rings (SSSR count). The number of nitrogens with one attached hydrogen (secondary N) is 11. The molecule has 0 bridgehead atoms. The Kier molecular flexibility index (Phi) is 35.7. The number of hydrogen-bond acceptors (Lipinski definition) is 20. The first-order chi connectivity index (χ1) is 41.3. The molecule has 0 saturated carbocycles. The molecule has 0 aromatic carbocycles. The molecule has 0 aliphatic heterocycles. The number of carboxylic acid groups (broad SMARTS) is 2. The van der Waals surface area contributed by atoms with Crippen molar-refractivity contribution in [2.24, 2.45) is 33.7 Å². The summed E-state index contributed by atoms with van der Waals surface area (Å²) in [6.07, 6.45) is -2.23. The smallest absolute Gasteiger partial charge is 0.303 e. The van der Waals surface area contributed by atoms with Crippen molar-refractivity contribution < 1.29 is 87.5 Å². The number of aromatic nitrogens is 2. The van der Waals surface area contributed by atoms with Crippen molar-refractivity contribution in [2.75, 3.05) is 25.1 Å². The summed E-state index contributed by atoms with van der Waals surface area (Å²) in [5.41, 5.74) is 27.3. The molecule has 37 heteroatoms. The summed E-state index contributed by atoms with van der Waals surface area (Å²) in [6, 6.07) is -16.1. The molecule has 36 nitrogen and oxygen atoms in total. The quantitative estimate of drug-likeness (QED) is 0.0164. The zero-order valence-electron chi connectivity index (χ0n) is 49.6. The fourth-order valence-corrected chi connectivity index (χ4v) is 8.56. The van der Waals surface area contributed by atoms with Crippen LogP contribution >= 0.6 is 11.8 Å². The molecule has 0 aliphatic carbocycles. The number of nitrogens with zero attached hydrogens (tertiary/aromatic N) is 2. The molecule has 12 atom stereocenters. The van der Waals surface area contributed by atoms with Crippen molar-refractivity contribution in [2.45, 2.75) is 184 Å². The number of H-pyrrole nitrogens is 1. The van der Waals surface area contributed by atoms with E-state index >= 15 is 0 Å². The number of rotatable bonds is 44. The number of aliphatic imine (C=N–C) groups is 1. The standard InChI is InChI=1S/C51H86N18O18S/c1-24(42(79)63-32(12-15-37(74)75)44(81)65-34(17-20-88-5)46(83)62-29(41(54)78)9-6-7-18-52)60-49(86)39(25(2)70)69-48(85)35(21-28-22-57-23-59-28)67-45(82)33(13-16-38(76)77)64-43(80)31(11-14-36(53)73)66-50(87)40(26(3)71)68-47(84)30(61-27(4)72)10-8-19-58-51(55)56/h22-26,29-35,39-40,70-71H,6-21,52H2,1-5H3,(H2,53,73)(H2,54,78)(H,57,59)(H,60,86)(H,61,72)(H,62,83)(H,63,79)(H,64,80)(H,65,81)(H,66,87)(H,67,82)(H,68,84)(H,69,85)(H,74,75)(H,76,77)(H4,55,56,58)/t24-,25+,26+,29-,30-,31-,32-,33-,34-,35-,39-,40-/m0/s1. The minimum Gasteiger partial charge on any atom is -0.481 e. The second kappa shape index (κ2) is 40.6.